The molecule has 6 atom stereocenters. The van der Waals surface area contributed by atoms with Gasteiger partial charge in [-0.05, 0) is 86.4 Å². The highest BCUT2D eigenvalue weighted by molar-refractivity contribution is 7.89. The van der Waals surface area contributed by atoms with Gasteiger partial charge in [0, 0.05) is 31.1 Å². The number of halogens is 1. The Kier molecular flexibility index (Phi) is 11.6. The Morgan fingerprint density at radius 3 is 2.62 bits per heavy atom. The van der Waals surface area contributed by atoms with Crippen molar-refractivity contribution in [1.82, 2.24) is 14.6 Å². The number of aromatic nitrogens is 1. The molecule has 1 aromatic heterocycles. The second kappa shape index (κ2) is 16.0. The summed E-state index contributed by atoms with van der Waals surface area (Å²) in [6, 6.07) is 10.7. The van der Waals surface area contributed by atoms with Gasteiger partial charge in [-0.3, -0.25) is 4.79 Å². The summed E-state index contributed by atoms with van der Waals surface area (Å²) in [5.74, 6) is -0.150. The maximum Gasteiger partial charge on any atom is 0.306 e. The highest BCUT2D eigenvalue weighted by atomic mass is 35.5. The molecule has 4 fully saturated rings. The molecule has 2 saturated carbocycles. The third kappa shape index (κ3) is 9.03. The monoisotopic (exact) mass is 776 g/mol. The summed E-state index contributed by atoms with van der Waals surface area (Å²) < 4.78 is 53.7. The van der Waals surface area contributed by atoms with Crippen LogP contribution in [0.15, 0.2) is 41.3 Å². The third-order valence-electron chi connectivity index (χ3n) is 10.3. The van der Waals surface area contributed by atoms with Crippen molar-refractivity contribution in [3.63, 3.8) is 0 Å². The van der Waals surface area contributed by atoms with Crippen LogP contribution < -0.4 is 15.4 Å². The number of rotatable bonds is 18. The van der Waals surface area contributed by atoms with Gasteiger partial charge < -0.3 is 34.7 Å². The zero-order valence-electron chi connectivity index (χ0n) is 29.8. The Morgan fingerprint density at radius 1 is 1.12 bits per heavy atom. The molecule has 3 N–H and O–H groups in total. The molecule has 15 heteroatoms. The van der Waals surface area contributed by atoms with Crippen LogP contribution in [0.25, 0.3) is 10.2 Å². The molecule has 0 bridgehead atoms. The molecular formula is C37H49ClN4O8S2. The fourth-order valence-electron chi connectivity index (χ4n) is 7.08. The fourth-order valence-corrected chi connectivity index (χ4v) is 10.1. The first-order valence-corrected chi connectivity index (χ1v) is 20.9. The summed E-state index contributed by atoms with van der Waals surface area (Å²) in [5.41, 5.74) is 1.50. The van der Waals surface area contributed by atoms with E-state index in [0.717, 1.165) is 40.3 Å². The number of nitrogens with one attached hydrogen (secondary N) is 2. The van der Waals surface area contributed by atoms with Crippen molar-refractivity contribution in [2.75, 3.05) is 45.3 Å². The standard InChI is InChI=1S/C37H49ClN4O8S2/c1-21(2)17-42(52(45,46)26-9-10-28-33(15-26)51-37(41-28)40-25-7-8-25)18-30(43)24(12-23-6-11-31(47-3)27(38)13-23)14-34(44)50-32-20-49-36-35(32)29(19-48-36)39-16-22-4-5-22/h6,9-11,13,15,21-22,24-25,29-30,32,35-36,39,43H,4-5,7-8,12,14,16-20H2,1-3H3,(H,40,41)/t24-,29+,30-,32+,35+,36-/m1/s1. The number of fused-ring (bicyclic) bond motifs is 2. The number of aliphatic hydroxyl groups is 1. The van der Waals surface area contributed by atoms with E-state index in [2.05, 4.69) is 15.6 Å². The maximum atomic E-state index is 14.3. The number of ether oxygens (including phenoxy) is 4. The Balaban J connectivity index is 1.09. The first-order valence-electron chi connectivity index (χ1n) is 18.3. The number of anilines is 1. The van der Waals surface area contributed by atoms with Gasteiger partial charge in [0.15, 0.2) is 11.4 Å². The third-order valence-corrected chi connectivity index (χ3v) is 13.3. The van der Waals surface area contributed by atoms with E-state index in [1.54, 1.807) is 30.3 Å². The van der Waals surface area contributed by atoms with E-state index in [9.17, 15) is 18.3 Å². The number of esters is 1. The van der Waals surface area contributed by atoms with Crippen LogP contribution in [0.2, 0.25) is 5.02 Å². The van der Waals surface area contributed by atoms with Crippen LogP contribution in [0.1, 0.15) is 51.5 Å². The molecule has 0 radical (unpaired) electrons. The predicted molar refractivity (Wildman–Crippen MR) is 199 cm³/mol. The van der Waals surface area contributed by atoms with E-state index in [1.807, 2.05) is 19.9 Å². The SMILES string of the molecule is COc1ccc(C[C@H](CC(=O)O[C@H]2CO[C@H]3OC[C@H](NCC4CC4)[C@H]32)[C@H](O)CN(CC(C)C)S(=O)(=O)c2ccc3nc(NC4CC4)sc3c2)cc1Cl. The Morgan fingerprint density at radius 2 is 1.90 bits per heavy atom. The number of sulfonamides is 1. The molecule has 3 aromatic rings. The molecule has 0 amide bonds. The second-order valence-electron chi connectivity index (χ2n) is 15.1. The number of benzene rings is 2. The van der Waals surface area contributed by atoms with Gasteiger partial charge in [-0.15, -0.1) is 0 Å². The number of carbonyl (C=O) groups excluding carboxylic acids is 1. The van der Waals surface area contributed by atoms with Crippen LogP contribution in [0.4, 0.5) is 5.13 Å². The summed E-state index contributed by atoms with van der Waals surface area (Å²) in [4.78, 5) is 18.4. The molecule has 284 valence electrons. The molecule has 2 aliphatic carbocycles. The van der Waals surface area contributed by atoms with Gasteiger partial charge in [-0.2, -0.15) is 4.31 Å². The van der Waals surface area contributed by atoms with Crippen LogP contribution in [0.5, 0.6) is 5.75 Å². The number of methoxy groups -OCH3 is 1. The zero-order valence-corrected chi connectivity index (χ0v) is 32.2. The number of nitrogens with zero attached hydrogens (tertiary/aromatic N) is 2. The lowest BCUT2D eigenvalue weighted by atomic mass is 9.90. The molecular weight excluding hydrogens is 728 g/mol. The first-order chi connectivity index (χ1) is 25.0. The Hall–Kier alpha value is -2.56. The number of thiazole rings is 1. The minimum absolute atomic E-state index is 0.0220. The molecule has 52 heavy (non-hydrogen) atoms. The van der Waals surface area contributed by atoms with E-state index in [4.69, 9.17) is 30.5 Å². The summed E-state index contributed by atoms with van der Waals surface area (Å²) in [5, 5.41) is 20.0. The van der Waals surface area contributed by atoms with Crippen molar-refractivity contribution in [2.24, 2.45) is 23.7 Å². The predicted octanol–water partition coefficient (Wildman–Crippen LogP) is 5.07. The molecule has 3 heterocycles. The van der Waals surface area contributed by atoms with Crippen LogP contribution in [0.3, 0.4) is 0 Å². The summed E-state index contributed by atoms with van der Waals surface area (Å²) >= 11 is 7.89. The normalized spacial score (nSPS) is 24.4. The number of hydrogen-bond donors (Lipinski definition) is 3. The summed E-state index contributed by atoms with van der Waals surface area (Å²) in [6.07, 6.45) is 2.64. The van der Waals surface area contributed by atoms with Gasteiger partial charge in [-0.1, -0.05) is 42.9 Å². The molecule has 2 saturated heterocycles. The lowest BCUT2D eigenvalue weighted by Crippen LogP contribution is -2.44. The van der Waals surface area contributed by atoms with Crippen molar-refractivity contribution < 1.29 is 37.3 Å². The van der Waals surface area contributed by atoms with E-state index in [-0.39, 0.29) is 55.3 Å². The largest absolute Gasteiger partial charge is 0.495 e. The minimum atomic E-state index is -4.04. The van der Waals surface area contributed by atoms with Gasteiger partial charge in [0.2, 0.25) is 10.0 Å². The van der Waals surface area contributed by atoms with Gasteiger partial charge in [0.1, 0.15) is 11.9 Å². The average Bonchev–Trinajstić information content (AvgIpc) is 3.99. The van der Waals surface area contributed by atoms with Crippen molar-refractivity contribution in [1.29, 1.82) is 0 Å². The summed E-state index contributed by atoms with van der Waals surface area (Å²) in [7, 11) is -2.51. The lowest BCUT2D eigenvalue weighted by molar-refractivity contribution is -0.153. The van der Waals surface area contributed by atoms with Crippen LogP contribution in [-0.2, 0) is 35.4 Å². The number of aliphatic hydroxyl groups excluding tert-OH is 1. The Bertz CT molecular complexity index is 1830. The molecule has 0 spiro atoms. The number of hydrogen-bond acceptors (Lipinski definition) is 12. The van der Waals surface area contributed by atoms with Crippen LogP contribution >= 0.6 is 22.9 Å². The smallest absolute Gasteiger partial charge is 0.306 e. The molecule has 12 nitrogen and oxygen atoms in total. The van der Waals surface area contributed by atoms with Crippen molar-refractivity contribution >= 4 is 54.3 Å². The van der Waals surface area contributed by atoms with Crippen molar-refractivity contribution in [3.05, 3.63) is 47.0 Å². The maximum absolute atomic E-state index is 14.3. The quantitative estimate of drug-likeness (QED) is 0.149. The van der Waals surface area contributed by atoms with Gasteiger partial charge in [-0.25, -0.2) is 13.4 Å². The molecule has 0 unspecified atom stereocenters. The fraction of sp³-hybridized carbons (Fsp3) is 0.622. The highest BCUT2D eigenvalue weighted by Crippen LogP contribution is 2.37. The van der Waals surface area contributed by atoms with Gasteiger partial charge in [0.25, 0.3) is 0 Å². The van der Waals surface area contributed by atoms with Crippen molar-refractivity contribution in [2.45, 2.75) is 87.8 Å². The minimum Gasteiger partial charge on any atom is -0.495 e. The first kappa shape index (κ1) is 37.7. The number of carbonyl (C=O) groups is 1. The van der Waals surface area contributed by atoms with Crippen LogP contribution in [0, 0.1) is 23.7 Å². The van der Waals surface area contributed by atoms with E-state index in [1.165, 1.54) is 35.6 Å². The summed E-state index contributed by atoms with van der Waals surface area (Å²) in [6.45, 7) is 5.46. The van der Waals surface area contributed by atoms with Crippen molar-refractivity contribution in [3.8, 4) is 5.75 Å². The molecule has 7 rings (SSSR count). The molecule has 2 aliphatic heterocycles. The van der Waals surface area contributed by atoms with E-state index >= 15 is 0 Å². The van der Waals surface area contributed by atoms with Gasteiger partial charge in [0.05, 0.1) is 58.9 Å². The lowest BCUT2D eigenvalue weighted by Gasteiger charge is -2.30. The Labute approximate surface area is 314 Å². The molecule has 2 aromatic carbocycles. The van der Waals surface area contributed by atoms with Crippen LogP contribution in [-0.4, -0.2) is 99.3 Å². The molecule has 4 aliphatic rings. The second-order valence-corrected chi connectivity index (χ2v) is 18.5. The van der Waals surface area contributed by atoms with Gasteiger partial charge >= 0.3 is 5.97 Å². The average molecular weight is 777 g/mol. The topological polar surface area (TPSA) is 149 Å². The van der Waals surface area contributed by atoms with E-state index in [0.29, 0.717) is 29.3 Å². The van der Waals surface area contributed by atoms with E-state index < -0.39 is 40.4 Å². The highest BCUT2D eigenvalue weighted by Gasteiger charge is 2.50. The zero-order chi connectivity index (χ0) is 36.6.